The van der Waals surface area contributed by atoms with Crippen LogP contribution in [0.15, 0.2) is 18.2 Å². The maximum atomic E-state index is 9.02. The van der Waals surface area contributed by atoms with Crippen molar-refractivity contribution < 1.29 is 0 Å². The zero-order valence-corrected chi connectivity index (χ0v) is 12.1. The topological polar surface area (TPSA) is 41.6 Å². The third kappa shape index (κ3) is 3.08. The molecule has 0 amide bonds. The SMILES string of the molecule is CC(C)CCn1c(CCCl)nc2ccc(C#N)cc21. The molecule has 1 aromatic heterocycles. The highest BCUT2D eigenvalue weighted by Crippen LogP contribution is 2.20. The lowest BCUT2D eigenvalue weighted by molar-refractivity contribution is 0.513. The maximum absolute atomic E-state index is 9.02. The van der Waals surface area contributed by atoms with Gasteiger partial charge in [-0.15, -0.1) is 11.6 Å². The summed E-state index contributed by atoms with van der Waals surface area (Å²) in [6, 6.07) is 7.83. The number of hydrogen-bond acceptors (Lipinski definition) is 2. The summed E-state index contributed by atoms with van der Waals surface area (Å²) in [5, 5.41) is 9.02. The zero-order chi connectivity index (χ0) is 13.8. The number of benzene rings is 1. The number of aryl methyl sites for hydroxylation is 2. The molecule has 4 heteroatoms. The Morgan fingerprint density at radius 3 is 2.84 bits per heavy atom. The lowest BCUT2D eigenvalue weighted by Gasteiger charge is -2.10. The van der Waals surface area contributed by atoms with Crippen molar-refractivity contribution in [2.75, 3.05) is 5.88 Å². The molecule has 0 aliphatic rings. The van der Waals surface area contributed by atoms with Crippen molar-refractivity contribution in [1.29, 1.82) is 5.26 Å². The summed E-state index contributed by atoms with van der Waals surface area (Å²) in [4.78, 5) is 4.62. The molecule has 0 saturated heterocycles. The predicted molar refractivity (Wildman–Crippen MR) is 78.3 cm³/mol. The van der Waals surface area contributed by atoms with Gasteiger partial charge in [-0.1, -0.05) is 13.8 Å². The Bertz CT molecular complexity index is 608. The number of halogens is 1. The highest BCUT2D eigenvalue weighted by molar-refractivity contribution is 6.17. The van der Waals surface area contributed by atoms with Crippen molar-refractivity contribution in [1.82, 2.24) is 9.55 Å². The van der Waals surface area contributed by atoms with Crippen LogP contribution in [0, 0.1) is 17.2 Å². The molecule has 100 valence electrons. The number of nitriles is 1. The lowest BCUT2D eigenvalue weighted by atomic mass is 10.1. The van der Waals surface area contributed by atoms with Gasteiger partial charge in [0.25, 0.3) is 0 Å². The molecule has 0 unspecified atom stereocenters. The molecule has 0 aliphatic carbocycles. The number of nitrogens with zero attached hydrogens (tertiary/aromatic N) is 3. The van der Waals surface area contributed by atoms with E-state index in [1.165, 1.54) is 0 Å². The van der Waals surface area contributed by atoms with Crippen LogP contribution in [0.5, 0.6) is 0 Å². The molecule has 0 atom stereocenters. The minimum atomic E-state index is 0.566. The number of hydrogen-bond donors (Lipinski definition) is 0. The second-order valence-corrected chi connectivity index (χ2v) is 5.49. The van der Waals surface area contributed by atoms with Crippen molar-refractivity contribution >= 4 is 22.6 Å². The van der Waals surface area contributed by atoms with Gasteiger partial charge in [0.15, 0.2) is 0 Å². The molecule has 0 N–H and O–H groups in total. The van der Waals surface area contributed by atoms with Crippen molar-refractivity contribution in [3.05, 3.63) is 29.6 Å². The van der Waals surface area contributed by atoms with E-state index in [2.05, 4.69) is 29.5 Å². The average Bonchev–Trinajstić information content (AvgIpc) is 2.73. The largest absolute Gasteiger partial charge is 0.328 e. The molecule has 2 rings (SSSR count). The Morgan fingerprint density at radius 1 is 1.42 bits per heavy atom. The number of alkyl halides is 1. The third-order valence-electron chi connectivity index (χ3n) is 3.20. The van der Waals surface area contributed by atoms with E-state index in [0.717, 1.165) is 36.2 Å². The molecule has 0 aliphatic heterocycles. The van der Waals surface area contributed by atoms with E-state index in [1.807, 2.05) is 18.2 Å². The van der Waals surface area contributed by atoms with E-state index in [-0.39, 0.29) is 0 Å². The molecule has 0 saturated carbocycles. The zero-order valence-electron chi connectivity index (χ0n) is 11.4. The van der Waals surface area contributed by atoms with E-state index in [1.54, 1.807) is 0 Å². The fourth-order valence-electron chi connectivity index (χ4n) is 2.15. The molecule has 0 spiro atoms. The van der Waals surface area contributed by atoms with Crippen molar-refractivity contribution in [3.63, 3.8) is 0 Å². The Kier molecular flexibility index (Phi) is 4.44. The van der Waals surface area contributed by atoms with E-state index in [4.69, 9.17) is 16.9 Å². The van der Waals surface area contributed by atoms with Crippen LogP contribution < -0.4 is 0 Å². The minimum absolute atomic E-state index is 0.566. The third-order valence-corrected chi connectivity index (χ3v) is 3.39. The normalized spacial score (nSPS) is 11.1. The maximum Gasteiger partial charge on any atom is 0.111 e. The van der Waals surface area contributed by atoms with Gasteiger partial charge in [-0.05, 0) is 30.5 Å². The van der Waals surface area contributed by atoms with Gasteiger partial charge < -0.3 is 4.57 Å². The summed E-state index contributed by atoms with van der Waals surface area (Å²) >= 11 is 5.85. The van der Waals surface area contributed by atoms with Crippen LogP contribution in [-0.4, -0.2) is 15.4 Å². The van der Waals surface area contributed by atoms with E-state index in [0.29, 0.717) is 17.4 Å². The van der Waals surface area contributed by atoms with Crippen molar-refractivity contribution in [3.8, 4) is 6.07 Å². The van der Waals surface area contributed by atoms with Gasteiger partial charge in [0.1, 0.15) is 5.82 Å². The van der Waals surface area contributed by atoms with Crippen LogP contribution >= 0.6 is 11.6 Å². The fraction of sp³-hybridized carbons (Fsp3) is 0.467. The Balaban J connectivity index is 2.47. The smallest absolute Gasteiger partial charge is 0.111 e. The molecule has 0 bridgehead atoms. The van der Waals surface area contributed by atoms with Gasteiger partial charge in [-0.3, -0.25) is 0 Å². The minimum Gasteiger partial charge on any atom is -0.328 e. The number of fused-ring (bicyclic) bond motifs is 1. The van der Waals surface area contributed by atoms with E-state index >= 15 is 0 Å². The van der Waals surface area contributed by atoms with Crippen LogP contribution in [0.3, 0.4) is 0 Å². The van der Waals surface area contributed by atoms with Gasteiger partial charge >= 0.3 is 0 Å². The second kappa shape index (κ2) is 6.08. The van der Waals surface area contributed by atoms with E-state index < -0.39 is 0 Å². The highest BCUT2D eigenvalue weighted by atomic mass is 35.5. The molecular formula is C15H18ClN3. The first-order valence-corrected chi connectivity index (χ1v) is 7.14. The van der Waals surface area contributed by atoms with Crippen LogP contribution in [-0.2, 0) is 13.0 Å². The monoisotopic (exact) mass is 275 g/mol. The van der Waals surface area contributed by atoms with E-state index in [9.17, 15) is 0 Å². The Hall–Kier alpha value is -1.53. The first kappa shape index (κ1) is 13.9. The van der Waals surface area contributed by atoms with Gasteiger partial charge in [-0.2, -0.15) is 5.26 Å². The number of imidazole rings is 1. The van der Waals surface area contributed by atoms with Crippen LogP contribution in [0.4, 0.5) is 0 Å². The summed E-state index contributed by atoms with van der Waals surface area (Å²) in [6.07, 6.45) is 1.85. The molecule has 1 aromatic carbocycles. The van der Waals surface area contributed by atoms with Gasteiger partial charge in [0.05, 0.1) is 22.7 Å². The molecular weight excluding hydrogens is 258 g/mol. The summed E-state index contributed by atoms with van der Waals surface area (Å²) in [7, 11) is 0. The average molecular weight is 276 g/mol. The molecule has 0 radical (unpaired) electrons. The first-order valence-electron chi connectivity index (χ1n) is 6.61. The predicted octanol–water partition coefficient (Wildman–Crippen LogP) is 3.74. The summed E-state index contributed by atoms with van der Waals surface area (Å²) < 4.78 is 2.21. The van der Waals surface area contributed by atoms with Gasteiger partial charge in [0, 0.05) is 18.8 Å². The molecule has 0 fully saturated rings. The molecule has 1 heterocycles. The quantitative estimate of drug-likeness (QED) is 0.780. The Labute approximate surface area is 118 Å². The molecule has 2 aromatic rings. The van der Waals surface area contributed by atoms with Crippen LogP contribution in [0.25, 0.3) is 11.0 Å². The van der Waals surface area contributed by atoms with Gasteiger partial charge in [0.2, 0.25) is 0 Å². The van der Waals surface area contributed by atoms with Gasteiger partial charge in [-0.25, -0.2) is 4.98 Å². The summed E-state index contributed by atoms with van der Waals surface area (Å²) in [6.45, 7) is 5.34. The van der Waals surface area contributed by atoms with Crippen LogP contribution in [0.2, 0.25) is 0 Å². The lowest BCUT2D eigenvalue weighted by Crippen LogP contribution is -2.07. The second-order valence-electron chi connectivity index (χ2n) is 5.12. The standard InChI is InChI=1S/C15H18ClN3/c1-11(2)6-8-19-14-9-12(10-17)3-4-13(14)18-15(19)5-7-16/h3-4,9,11H,5-8H2,1-2H3. The molecule has 3 nitrogen and oxygen atoms in total. The molecule has 19 heavy (non-hydrogen) atoms. The first-order chi connectivity index (χ1) is 9.15. The fourth-order valence-corrected chi connectivity index (χ4v) is 2.32. The van der Waals surface area contributed by atoms with Crippen LogP contribution in [0.1, 0.15) is 31.7 Å². The Morgan fingerprint density at radius 2 is 2.21 bits per heavy atom. The van der Waals surface area contributed by atoms with Crippen molar-refractivity contribution in [2.45, 2.75) is 33.2 Å². The summed E-state index contributed by atoms with van der Waals surface area (Å²) in [5.41, 5.74) is 2.67. The highest BCUT2D eigenvalue weighted by Gasteiger charge is 2.11. The number of rotatable bonds is 5. The number of aromatic nitrogens is 2. The van der Waals surface area contributed by atoms with Crippen molar-refractivity contribution in [2.24, 2.45) is 5.92 Å². The summed E-state index contributed by atoms with van der Waals surface area (Å²) in [5.74, 6) is 2.22.